The summed E-state index contributed by atoms with van der Waals surface area (Å²) in [6.45, 7) is 2.37. The molecule has 2 N–H and O–H groups in total. The van der Waals surface area contributed by atoms with Crippen LogP contribution >= 0.6 is 22.9 Å². The lowest BCUT2D eigenvalue weighted by molar-refractivity contribution is 0.251. The van der Waals surface area contributed by atoms with Gasteiger partial charge in [0, 0.05) is 48.5 Å². The normalized spacial score (nSPS) is 13.5. The minimum Gasteiger partial charge on any atom is -0.495 e. The third-order valence-electron chi connectivity index (χ3n) is 5.32. The highest BCUT2D eigenvalue weighted by molar-refractivity contribution is 7.14. The summed E-state index contributed by atoms with van der Waals surface area (Å²) in [5.74, 6) is 0.955. The second-order valence-electron chi connectivity index (χ2n) is 7.36. The molecule has 1 aliphatic rings. The SMILES string of the molecule is COc1cc(OC)c(NC(=O)NCc2c(-n3cccc3)sc3c2CCN(C)C3)cc1Cl. The Labute approximate surface area is 190 Å². The third-order valence-corrected chi connectivity index (χ3v) is 6.89. The second kappa shape index (κ2) is 9.21. The van der Waals surface area contributed by atoms with Crippen molar-refractivity contribution in [1.82, 2.24) is 14.8 Å². The zero-order valence-electron chi connectivity index (χ0n) is 17.7. The highest BCUT2D eigenvalue weighted by atomic mass is 35.5. The maximum Gasteiger partial charge on any atom is 0.319 e. The number of nitrogens with one attached hydrogen (secondary N) is 2. The van der Waals surface area contributed by atoms with E-state index in [9.17, 15) is 4.79 Å². The number of nitrogens with zero attached hydrogens (tertiary/aromatic N) is 2. The van der Waals surface area contributed by atoms with E-state index < -0.39 is 0 Å². The van der Waals surface area contributed by atoms with Gasteiger partial charge in [-0.05, 0) is 37.2 Å². The minimum absolute atomic E-state index is 0.328. The Bertz CT molecular complexity index is 1080. The van der Waals surface area contributed by atoms with Crippen LogP contribution < -0.4 is 20.1 Å². The molecule has 164 valence electrons. The van der Waals surface area contributed by atoms with Crippen molar-refractivity contribution in [1.29, 1.82) is 0 Å². The van der Waals surface area contributed by atoms with Crippen LogP contribution in [0, 0.1) is 0 Å². The summed E-state index contributed by atoms with van der Waals surface area (Å²) in [4.78, 5) is 16.4. The molecular formula is C22H25ClN4O3S. The summed E-state index contributed by atoms with van der Waals surface area (Å²) in [6.07, 6.45) is 5.05. The van der Waals surface area contributed by atoms with Gasteiger partial charge in [-0.15, -0.1) is 11.3 Å². The van der Waals surface area contributed by atoms with Crippen molar-refractivity contribution in [2.75, 3.05) is 33.1 Å². The molecule has 2 aromatic heterocycles. The van der Waals surface area contributed by atoms with Crippen molar-refractivity contribution in [2.24, 2.45) is 0 Å². The number of halogens is 1. The molecule has 1 aromatic carbocycles. The summed E-state index contributed by atoms with van der Waals surface area (Å²) in [7, 11) is 5.20. The van der Waals surface area contributed by atoms with Gasteiger partial charge in [0.25, 0.3) is 0 Å². The fourth-order valence-electron chi connectivity index (χ4n) is 3.74. The summed E-state index contributed by atoms with van der Waals surface area (Å²) >= 11 is 8.00. The van der Waals surface area contributed by atoms with Crippen molar-refractivity contribution in [3.8, 4) is 16.5 Å². The van der Waals surface area contributed by atoms with E-state index in [1.165, 1.54) is 30.2 Å². The number of methoxy groups -OCH3 is 2. The van der Waals surface area contributed by atoms with Crippen molar-refractivity contribution >= 4 is 34.7 Å². The number of aromatic nitrogens is 1. The maximum atomic E-state index is 12.7. The first-order chi connectivity index (χ1) is 15.0. The van der Waals surface area contributed by atoms with E-state index in [0.29, 0.717) is 28.8 Å². The van der Waals surface area contributed by atoms with Crippen molar-refractivity contribution < 1.29 is 14.3 Å². The molecule has 3 heterocycles. The van der Waals surface area contributed by atoms with E-state index in [-0.39, 0.29) is 6.03 Å². The smallest absolute Gasteiger partial charge is 0.319 e. The van der Waals surface area contributed by atoms with Crippen LogP contribution in [-0.2, 0) is 19.5 Å². The summed E-state index contributed by atoms with van der Waals surface area (Å²) < 4.78 is 12.7. The van der Waals surface area contributed by atoms with E-state index >= 15 is 0 Å². The monoisotopic (exact) mass is 460 g/mol. The Kier molecular flexibility index (Phi) is 6.41. The molecule has 7 nitrogen and oxygen atoms in total. The average molecular weight is 461 g/mol. The largest absolute Gasteiger partial charge is 0.495 e. The number of hydrogen-bond donors (Lipinski definition) is 2. The van der Waals surface area contributed by atoms with Crippen LogP contribution in [-0.4, -0.2) is 43.3 Å². The van der Waals surface area contributed by atoms with Crippen LogP contribution in [0.2, 0.25) is 5.02 Å². The number of carbonyl (C=O) groups is 1. The Balaban J connectivity index is 1.53. The number of urea groups is 1. The number of thiophene rings is 1. The first-order valence-electron chi connectivity index (χ1n) is 9.91. The van der Waals surface area contributed by atoms with Gasteiger partial charge in [0.2, 0.25) is 0 Å². The third kappa shape index (κ3) is 4.51. The van der Waals surface area contributed by atoms with Crippen LogP contribution in [0.5, 0.6) is 11.5 Å². The molecule has 0 unspecified atom stereocenters. The molecule has 2 amide bonds. The molecule has 31 heavy (non-hydrogen) atoms. The number of carbonyl (C=O) groups excluding carboxylic acids is 1. The van der Waals surface area contributed by atoms with Crippen molar-refractivity contribution in [3.63, 3.8) is 0 Å². The van der Waals surface area contributed by atoms with Gasteiger partial charge >= 0.3 is 6.03 Å². The molecule has 0 atom stereocenters. The van der Waals surface area contributed by atoms with Gasteiger partial charge in [0.15, 0.2) is 0 Å². The quantitative estimate of drug-likeness (QED) is 0.567. The predicted octanol–water partition coefficient (Wildman–Crippen LogP) is 4.52. The van der Waals surface area contributed by atoms with Gasteiger partial charge in [-0.3, -0.25) is 0 Å². The van der Waals surface area contributed by atoms with E-state index in [1.54, 1.807) is 23.5 Å². The number of rotatable bonds is 6. The van der Waals surface area contributed by atoms with E-state index in [1.807, 2.05) is 24.5 Å². The topological polar surface area (TPSA) is 67.8 Å². The number of ether oxygens (including phenoxy) is 2. The Morgan fingerprint density at radius 1 is 1.19 bits per heavy atom. The molecular weight excluding hydrogens is 436 g/mol. The molecule has 0 aliphatic carbocycles. The van der Waals surface area contributed by atoms with Crippen LogP contribution in [0.1, 0.15) is 16.0 Å². The molecule has 0 saturated heterocycles. The molecule has 4 rings (SSSR count). The van der Waals surface area contributed by atoms with Gasteiger partial charge in [-0.25, -0.2) is 4.79 Å². The molecule has 0 saturated carbocycles. The minimum atomic E-state index is -0.328. The first kappa shape index (κ1) is 21.5. The van der Waals surface area contributed by atoms with Crippen LogP contribution in [0.25, 0.3) is 5.00 Å². The van der Waals surface area contributed by atoms with Crippen molar-refractivity contribution in [3.05, 3.63) is 57.7 Å². The van der Waals surface area contributed by atoms with Crippen LogP contribution in [0.15, 0.2) is 36.7 Å². The van der Waals surface area contributed by atoms with Gasteiger partial charge in [0.05, 0.1) is 24.9 Å². The Morgan fingerprint density at radius 3 is 2.65 bits per heavy atom. The van der Waals surface area contributed by atoms with Crippen LogP contribution in [0.4, 0.5) is 10.5 Å². The Hall–Kier alpha value is -2.68. The van der Waals surface area contributed by atoms with E-state index in [0.717, 1.165) is 24.5 Å². The number of fused-ring (bicyclic) bond motifs is 1. The summed E-state index contributed by atoms with van der Waals surface area (Å²) in [6, 6.07) is 6.95. The first-order valence-corrected chi connectivity index (χ1v) is 11.1. The highest BCUT2D eigenvalue weighted by Gasteiger charge is 2.24. The van der Waals surface area contributed by atoms with Crippen molar-refractivity contribution in [2.45, 2.75) is 19.5 Å². The van der Waals surface area contributed by atoms with Gasteiger partial charge < -0.3 is 29.6 Å². The fraction of sp³-hybridized carbons (Fsp3) is 0.318. The number of hydrogen-bond acceptors (Lipinski definition) is 5. The standard InChI is InChI=1S/C22H25ClN4O3S/c1-26-9-6-14-15(21(31-20(14)13-26)27-7-4-5-8-27)12-24-22(28)25-17-10-16(23)18(29-2)11-19(17)30-3/h4-5,7-8,10-11H,6,9,12-13H2,1-3H3,(H2,24,25,28). The van der Waals surface area contributed by atoms with Gasteiger partial charge in [0.1, 0.15) is 16.5 Å². The number of benzene rings is 1. The maximum absolute atomic E-state index is 12.7. The van der Waals surface area contributed by atoms with E-state index in [4.69, 9.17) is 21.1 Å². The lowest BCUT2D eigenvalue weighted by Gasteiger charge is -2.22. The number of likely N-dealkylation sites (N-methyl/N-ethyl adjacent to an activating group) is 1. The summed E-state index contributed by atoms with van der Waals surface area (Å²) in [5, 5.41) is 7.37. The fourth-order valence-corrected chi connectivity index (χ4v) is 5.39. The lowest BCUT2D eigenvalue weighted by Crippen LogP contribution is -2.30. The van der Waals surface area contributed by atoms with E-state index in [2.05, 4.69) is 27.1 Å². The molecule has 0 fully saturated rings. The molecule has 9 heteroatoms. The molecule has 0 bridgehead atoms. The molecule has 0 radical (unpaired) electrons. The molecule has 3 aromatic rings. The highest BCUT2D eigenvalue weighted by Crippen LogP contribution is 2.37. The lowest BCUT2D eigenvalue weighted by atomic mass is 10.0. The summed E-state index contributed by atoms with van der Waals surface area (Å²) in [5.41, 5.74) is 2.99. The average Bonchev–Trinajstić information content (AvgIpc) is 3.40. The second-order valence-corrected chi connectivity index (χ2v) is 8.85. The number of amides is 2. The molecule has 0 spiro atoms. The predicted molar refractivity (Wildman–Crippen MR) is 124 cm³/mol. The number of anilines is 1. The van der Waals surface area contributed by atoms with Gasteiger partial charge in [-0.1, -0.05) is 11.6 Å². The zero-order chi connectivity index (χ0) is 22.0. The zero-order valence-corrected chi connectivity index (χ0v) is 19.3. The molecule has 1 aliphatic heterocycles. The van der Waals surface area contributed by atoms with Crippen LogP contribution in [0.3, 0.4) is 0 Å². The van der Waals surface area contributed by atoms with Gasteiger partial charge in [-0.2, -0.15) is 0 Å². The Morgan fingerprint density at radius 2 is 1.94 bits per heavy atom.